The first-order valence-electron chi connectivity index (χ1n) is 5.68. The van der Waals surface area contributed by atoms with E-state index >= 15 is 0 Å². The molecule has 0 bridgehead atoms. The predicted molar refractivity (Wildman–Crippen MR) is 73.1 cm³/mol. The Morgan fingerprint density at radius 2 is 2.16 bits per heavy atom. The molecule has 2 aromatic heterocycles. The second-order valence-corrected chi connectivity index (χ2v) is 4.49. The molecule has 1 unspecified atom stereocenters. The molecule has 0 amide bonds. The molecule has 1 atom stereocenters. The molecular weight excluding hydrogens is 266 g/mol. The number of hydrogen-bond acceptors (Lipinski definition) is 5. The Morgan fingerprint density at radius 3 is 2.79 bits per heavy atom. The normalized spacial score (nSPS) is 12.2. The van der Waals surface area contributed by atoms with Crippen LogP contribution in [0.3, 0.4) is 0 Å². The lowest BCUT2D eigenvalue weighted by Crippen LogP contribution is -2.07. The highest BCUT2D eigenvalue weighted by atomic mass is 35.5. The third kappa shape index (κ3) is 3.33. The van der Waals surface area contributed by atoms with Crippen molar-refractivity contribution in [3.05, 3.63) is 46.7 Å². The van der Waals surface area contributed by atoms with Gasteiger partial charge in [0.2, 0.25) is 5.88 Å². The number of pyridine rings is 2. The van der Waals surface area contributed by atoms with Crippen molar-refractivity contribution in [2.24, 2.45) is 0 Å². The van der Waals surface area contributed by atoms with E-state index < -0.39 is 6.10 Å². The number of nitrogen functional groups attached to an aromatic ring is 1. The van der Waals surface area contributed by atoms with Crippen LogP contribution in [-0.4, -0.2) is 22.2 Å². The van der Waals surface area contributed by atoms with Gasteiger partial charge in [0.05, 0.1) is 18.2 Å². The standard InChI is InChI=1S/C13H14ClN3O2/c1-19-12-3-2-8(6-16-12)4-11(18)10-5-9(14)7-17-13(10)15/h2-3,5-7,11,18H,4H2,1H3,(H2,15,17). The predicted octanol–water partition coefficient (Wildman–Crippen LogP) is 2.00. The molecule has 0 saturated heterocycles. The number of nitrogens with zero attached hydrogens (tertiary/aromatic N) is 2. The van der Waals surface area contributed by atoms with Gasteiger partial charge in [0, 0.05) is 30.4 Å². The van der Waals surface area contributed by atoms with Crippen molar-refractivity contribution in [2.75, 3.05) is 12.8 Å². The summed E-state index contributed by atoms with van der Waals surface area (Å²) in [6, 6.07) is 5.19. The molecule has 0 aliphatic rings. The van der Waals surface area contributed by atoms with Crippen LogP contribution in [0, 0.1) is 0 Å². The number of aromatic nitrogens is 2. The van der Waals surface area contributed by atoms with Crippen molar-refractivity contribution in [3.8, 4) is 5.88 Å². The zero-order valence-electron chi connectivity index (χ0n) is 10.4. The molecule has 2 rings (SSSR count). The number of aliphatic hydroxyl groups is 1. The first-order chi connectivity index (χ1) is 9.10. The third-order valence-corrected chi connectivity index (χ3v) is 2.92. The molecule has 5 nitrogen and oxygen atoms in total. The summed E-state index contributed by atoms with van der Waals surface area (Å²) in [5.41, 5.74) is 7.11. The summed E-state index contributed by atoms with van der Waals surface area (Å²) in [6.07, 6.45) is 2.70. The van der Waals surface area contributed by atoms with Crippen molar-refractivity contribution >= 4 is 17.4 Å². The fourth-order valence-electron chi connectivity index (χ4n) is 1.72. The smallest absolute Gasteiger partial charge is 0.212 e. The van der Waals surface area contributed by atoms with Crippen molar-refractivity contribution in [1.29, 1.82) is 0 Å². The molecule has 0 aliphatic carbocycles. The van der Waals surface area contributed by atoms with Crippen LogP contribution in [0.4, 0.5) is 5.82 Å². The summed E-state index contributed by atoms with van der Waals surface area (Å²) in [5.74, 6) is 0.806. The Morgan fingerprint density at radius 1 is 1.37 bits per heavy atom. The Labute approximate surface area is 116 Å². The monoisotopic (exact) mass is 279 g/mol. The second-order valence-electron chi connectivity index (χ2n) is 4.06. The third-order valence-electron chi connectivity index (χ3n) is 2.71. The molecule has 6 heteroatoms. The maximum atomic E-state index is 10.2. The van der Waals surface area contributed by atoms with E-state index in [1.54, 1.807) is 25.4 Å². The lowest BCUT2D eigenvalue weighted by Gasteiger charge is -2.13. The van der Waals surface area contributed by atoms with Gasteiger partial charge < -0.3 is 15.6 Å². The van der Waals surface area contributed by atoms with Crippen molar-refractivity contribution in [2.45, 2.75) is 12.5 Å². The molecule has 19 heavy (non-hydrogen) atoms. The molecule has 2 aromatic rings. The molecule has 2 heterocycles. The number of anilines is 1. The summed E-state index contributed by atoms with van der Waals surface area (Å²) < 4.78 is 4.97. The van der Waals surface area contributed by atoms with Crippen LogP contribution >= 0.6 is 11.6 Å². The molecule has 0 radical (unpaired) electrons. The summed E-state index contributed by atoms with van der Waals surface area (Å²) in [6.45, 7) is 0. The van der Waals surface area contributed by atoms with Crippen molar-refractivity contribution in [1.82, 2.24) is 9.97 Å². The van der Waals surface area contributed by atoms with E-state index in [0.717, 1.165) is 5.56 Å². The average molecular weight is 280 g/mol. The largest absolute Gasteiger partial charge is 0.481 e. The number of rotatable bonds is 4. The fraction of sp³-hybridized carbons (Fsp3) is 0.231. The zero-order chi connectivity index (χ0) is 13.8. The number of aliphatic hydroxyl groups excluding tert-OH is 1. The van der Waals surface area contributed by atoms with E-state index in [-0.39, 0.29) is 5.82 Å². The molecule has 3 N–H and O–H groups in total. The minimum absolute atomic E-state index is 0.276. The van der Waals surface area contributed by atoms with Gasteiger partial charge in [-0.15, -0.1) is 0 Å². The van der Waals surface area contributed by atoms with Gasteiger partial charge in [-0.3, -0.25) is 0 Å². The van der Waals surface area contributed by atoms with Gasteiger partial charge in [-0.1, -0.05) is 17.7 Å². The zero-order valence-corrected chi connectivity index (χ0v) is 11.1. The molecule has 100 valence electrons. The number of methoxy groups -OCH3 is 1. The lowest BCUT2D eigenvalue weighted by atomic mass is 10.0. The number of halogens is 1. The average Bonchev–Trinajstić information content (AvgIpc) is 2.42. The van der Waals surface area contributed by atoms with E-state index in [4.69, 9.17) is 22.1 Å². The van der Waals surface area contributed by atoms with Gasteiger partial charge in [-0.25, -0.2) is 9.97 Å². The topological polar surface area (TPSA) is 81.3 Å². The second kappa shape index (κ2) is 5.86. The van der Waals surface area contributed by atoms with Crippen molar-refractivity contribution < 1.29 is 9.84 Å². The molecular formula is C13H14ClN3O2. The number of ether oxygens (including phenoxy) is 1. The van der Waals surface area contributed by atoms with Gasteiger partial charge >= 0.3 is 0 Å². The minimum Gasteiger partial charge on any atom is -0.481 e. The lowest BCUT2D eigenvalue weighted by molar-refractivity contribution is 0.178. The van der Waals surface area contributed by atoms with Crippen LogP contribution in [-0.2, 0) is 6.42 Å². The minimum atomic E-state index is -0.776. The number of hydrogen-bond donors (Lipinski definition) is 2. The van der Waals surface area contributed by atoms with Gasteiger partial charge in [0.25, 0.3) is 0 Å². The van der Waals surface area contributed by atoms with Crippen LogP contribution in [0.1, 0.15) is 17.2 Å². The maximum absolute atomic E-state index is 10.2. The summed E-state index contributed by atoms with van der Waals surface area (Å²) >= 11 is 5.85. The molecule has 0 spiro atoms. The van der Waals surface area contributed by atoms with Crippen LogP contribution in [0.25, 0.3) is 0 Å². The maximum Gasteiger partial charge on any atom is 0.212 e. The Hall–Kier alpha value is -1.85. The van der Waals surface area contributed by atoms with Crippen LogP contribution in [0.2, 0.25) is 5.02 Å². The quantitative estimate of drug-likeness (QED) is 0.894. The summed E-state index contributed by atoms with van der Waals surface area (Å²) in [4.78, 5) is 8.00. The van der Waals surface area contributed by atoms with Crippen LogP contribution in [0.15, 0.2) is 30.6 Å². The number of nitrogens with two attached hydrogens (primary N) is 1. The SMILES string of the molecule is COc1ccc(CC(O)c2cc(Cl)cnc2N)cn1. The fourth-order valence-corrected chi connectivity index (χ4v) is 1.88. The molecule has 0 aromatic carbocycles. The summed E-state index contributed by atoms with van der Waals surface area (Å²) in [7, 11) is 1.55. The highest BCUT2D eigenvalue weighted by molar-refractivity contribution is 6.30. The van der Waals surface area contributed by atoms with E-state index in [2.05, 4.69) is 9.97 Å². The van der Waals surface area contributed by atoms with E-state index in [0.29, 0.717) is 22.9 Å². The highest BCUT2D eigenvalue weighted by Crippen LogP contribution is 2.25. The Kier molecular flexibility index (Phi) is 4.19. The first-order valence-corrected chi connectivity index (χ1v) is 6.06. The first kappa shape index (κ1) is 13.6. The molecule has 0 saturated carbocycles. The highest BCUT2D eigenvalue weighted by Gasteiger charge is 2.13. The van der Waals surface area contributed by atoms with E-state index in [1.807, 2.05) is 6.07 Å². The van der Waals surface area contributed by atoms with E-state index in [9.17, 15) is 5.11 Å². The van der Waals surface area contributed by atoms with E-state index in [1.165, 1.54) is 6.20 Å². The van der Waals surface area contributed by atoms with Gasteiger partial charge in [-0.2, -0.15) is 0 Å². The Bertz CT molecular complexity index is 560. The van der Waals surface area contributed by atoms with Crippen molar-refractivity contribution in [3.63, 3.8) is 0 Å². The van der Waals surface area contributed by atoms with Gasteiger partial charge in [0.1, 0.15) is 5.82 Å². The molecule has 0 fully saturated rings. The van der Waals surface area contributed by atoms with Gasteiger partial charge in [-0.05, 0) is 11.6 Å². The van der Waals surface area contributed by atoms with Crippen LogP contribution < -0.4 is 10.5 Å². The summed E-state index contributed by atoms with van der Waals surface area (Å²) in [5, 5.41) is 10.6. The molecule has 0 aliphatic heterocycles. The van der Waals surface area contributed by atoms with Crippen LogP contribution in [0.5, 0.6) is 5.88 Å². The van der Waals surface area contributed by atoms with Gasteiger partial charge in [0.15, 0.2) is 0 Å². The Balaban J connectivity index is 2.15.